The highest BCUT2D eigenvalue weighted by Gasteiger charge is 2.33. The summed E-state index contributed by atoms with van der Waals surface area (Å²) in [4.78, 5) is 1.23. The van der Waals surface area contributed by atoms with Gasteiger partial charge in [-0.05, 0) is 32.9 Å². The fraction of sp³-hybridized carbons (Fsp3) is 0.500. The highest BCUT2D eigenvalue weighted by Crippen LogP contribution is 2.33. The second-order valence-corrected chi connectivity index (χ2v) is 5.42. The van der Waals surface area contributed by atoms with Crippen molar-refractivity contribution in [3.05, 3.63) is 29.8 Å². The van der Waals surface area contributed by atoms with E-state index in [4.69, 9.17) is 9.47 Å². The Morgan fingerprint density at radius 3 is 2.47 bits per heavy atom. The van der Waals surface area contributed by atoms with Gasteiger partial charge in [0.05, 0.1) is 6.61 Å². The topological polar surface area (TPSA) is 18.5 Å². The maximum absolute atomic E-state index is 5.72. The fourth-order valence-electron chi connectivity index (χ4n) is 1.48. The van der Waals surface area contributed by atoms with Gasteiger partial charge in [-0.15, -0.1) is 0 Å². The Bertz CT molecular complexity index is 332. The van der Waals surface area contributed by atoms with Crippen molar-refractivity contribution in [2.24, 2.45) is 0 Å². The lowest BCUT2D eigenvalue weighted by Gasteiger charge is -2.16. The van der Waals surface area contributed by atoms with Gasteiger partial charge in [-0.25, -0.2) is 0 Å². The lowest BCUT2D eigenvalue weighted by Crippen LogP contribution is -2.20. The number of ether oxygens (including phenoxy) is 2. The van der Waals surface area contributed by atoms with Gasteiger partial charge in [0.15, 0.2) is 5.79 Å². The number of rotatable bonds is 2. The van der Waals surface area contributed by atoms with E-state index in [0.717, 1.165) is 0 Å². The van der Waals surface area contributed by atoms with Crippen LogP contribution in [0.25, 0.3) is 0 Å². The largest absolute Gasteiger partial charge is 0.347 e. The van der Waals surface area contributed by atoms with Crippen molar-refractivity contribution < 1.29 is 9.47 Å². The van der Waals surface area contributed by atoms with Crippen molar-refractivity contribution >= 4 is 11.8 Å². The molecule has 1 saturated heterocycles. The third-order valence-corrected chi connectivity index (χ3v) is 3.31. The molecule has 0 aromatic heterocycles. The lowest BCUT2D eigenvalue weighted by atomic mass is 10.2. The Labute approximate surface area is 95.0 Å². The molecule has 0 N–H and O–H groups in total. The van der Waals surface area contributed by atoms with Crippen molar-refractivity contribution in [2.45, 2.75) is 36.9 Å². The maximum Gasteiger partial charge on any atom is 0.164 e. The maximum atomic E-state index is 5.72. The first-order valence-corrected chi connectivity index (χ1v) is 5.98. The summed E-state index contributed by atoms with van der Waals surface area (Å²) in [5.41, 5.74) is 1.39. The van der Waals surface area contributed by atoms with Crippen LogP contribution in [0.1, 0.15) is 19.4 Å². The number of aryl methyl sites for hydroxylation is 1. The second kappa shape index (κ2) is 4.16. The molecule has 0 bridgehead atoms. The summed E-state index contributed by atoms with van der Waals surface area (Å²) >= 11 is 1.71. The van der Waals surface area contributed by atoms with Crippen LogP contribution < -0.4 is 0 Å². The molecular weight excluding hydrogens is 208 g/mol. The Morgan fingerprint density at radius 1 is 1.27 bits per heavy atom. The molecule has 0 unspecified atom stereocenters. The summed E-state index contributed by atoms with van der Waals surface area (Å²) in [5.74, 6) is -0.428. The number of benzene rings is 1. The monoisotopic (exact) mass is 224 g/mol. The molecule has 1 aromatic rings. The van der Waals surface area contributed by atoms with Crippen LogP contribution >= 0.6 is 11.8 Å². The molecule has 1 heterocycles. The van der Waals surface area contributed by atoms with Crippen LogP contribution in [0.3, 0.4) is 0 Å². The molecule has 0 aliphatic carbocycles. The van der Waals surface area contributed by atoms with Gasteiger partial charge in [-0.1, -0.05) is 29.5 Å². The zero-order valence-electron chi connectivity index (χ0n) is 9.32. The number of hydrogen-bond acceptors (Lipinski definition) is 3. The summed E-state index contributed by atoms with van der Waals surface area (Å²) in [7, 11) is 0. The predicted octanol–water partition coefficient (Wildman–Crippen LogP) is 3.20. The van der Waals surface area contributed by atoms with E-state index in [9.17, 15) is 0 Å². The van der Waals surface area contributed by atoms with Crippen LogP contribution in [0.4, 0.5) is 0 Å². The summed E-state index contributed by atoms with van der Waals surface area (Å²) < 4.78 is 11.2. The van der Waals surface area contributed by atoms with Gasteiger partial charge >= 0.3 is 0 Å². The zero-order chi connectivity index (χ0) is 10.9. The SMILES string of the molecule is Cc1ccc(S[C@@H]2COC(C)(C)O2)cc1. The van der Waals surface area contributed by atoms with E-state index in [0.29, 0.717) is 6.61 Å². The third kappa shape index (κ3) is 2.97. The smallest absolute Gasteiger partial charge is 0.164 e. The predicted molar refractivity (Wildman–Crippen MR) is 61.9 cm³/mol. The standard InChI is InChI=1S/C12H16O2S/c1-9-4-6-10(7-5-9)15-11-8-13-12(2,3)14-11/h4-7,11H,8H2,1-3H3/t11-/m1/s1. The van der Waals surface area contributed by atoms with Gasteiger partial charge in [0.1, 0.15) is 5.44 Å². The van der Waals surface area contributed by atoms with Gasteiger partial charge in [0, 0.05) is 4.90 Å². The second-order valence-electron chi connectivity index (χ2n) is 4.19. The average molecular weight is 224 g/mol. The lowest BCUT2D eigenvalue weighted by molar-refractivity contribution is -0.129. The summed E-state index contributed by atoms with van der Waals surface area (Å²) in [6.07, 6.45) is 0. The van der Waals surface area contributed by atoms with E-state index < -0.39 is 5.79 Å². The highest BCUT2D eigenvalue weighted by atomic mass is 32.2. The highest BCUT2D eigenvalue weighted by molar-refractivity contribution is 7.99. The molecule has 2 rings (SSSR count). The number of thioether (sulfide) groups is 1. The van der Waals surface area contributed by atoms with Crippen molar-refractivity contribution in [1.82, 2.24) is 0 Å². The molecule has 0 spiro atoms. The van der Waals surface area contributed by atoms with Gasteiger partial charge in [-0.3, -0.25) is 0 Å². The van der Waals surface area contributed by atoms with Gasteiger partial charge in [0.25, 0.3) is 0 Å². The first-order valence-electron chi connectivity index (χ1n) is 5.10. The zero-order valence-corrected chi connectivity index (χ0v) is 10.1. The molecule has 82 valence electrons. The Morgan fingerprint density at radius 2 is 1.93 bits per heavy atom. The average Bonchev–Trinajstić information content (AvgIpc) is 2.50. The van der Waals surface area contributed by atoms with Crippen molar-refractivity contribution in [1.29, 1.82) is 0 Å². The molecule has 3 heteroatoms. The van der Waals surface area contributed by atoms with E-state index in [-0.39, 0.29) is 5.44 Å². The van der Waals surface area contributed by atoms with Crippen LogP contribution in [-0.2, 0) is 9.47 Å². The molecular formula is C12H16O2S. The van der Waals surface area contributed by atoms with Crippen molar-refractivity contribution in [3.63, 3.8) is 0 Å². The van der Waals surface area contributed by atoms with E-state index in [1.165, 1.54) is 10.5 Å². The minimum Gasteiger partial charge on any atom is -0.347 e. The van der Waals surface area contributed by atoms with Crippen molar-refractivity contribution in [2.75, 3.05) is 6.61 Å². The normalized spacial score (nSPS) is 24.3. The first kappa shape index (κ1) is 11.0. The molecule has 1 aromatic carbocycles. The van der Waals surface area contributed by atoms with Crippen LogP contribution in [0.2, 0.25) is 0 Å². The summed E-state index contributed by atoms with van der Waals surface area (Å²) in [5, 5.41) is 0. The van der Waals surface area contributed by atoms with E-state index >= 15 is 0 Å². The van der Waals surface area contributed by atoms with Crippen LogP contribution in [-0.4, -0.2) is 17.8 Å². The Hall–Kier alpha value is -0.510. The quantitative estimate of drug-likeness (QED) is 0.768. The van der Waals surface area contributed by atoms with Crippen LogP contribution in [0.5, 0.6) is 0 Å². The first-order chi connectivity index (χ1) is 7.05. The molecule has 1 aliphatic heterocycles. The Kier molecular flexibility index (Phi) is 3.05. The third-order valence-electron chi connectivity index (χ3n) is 2.27. The molecule has 2 nitrogen and oxygen atoms in total. The molecule has 0 saturated carbocycles. The van der Waals surface area contributed by atoms with Crippen molar-refractivity contribution in [3.8, 4) is 0 Å². The molecule has 0 amide bonds. The fourth-order valence-corrected chi connectivity index (χ4v) is 2.49. The van der Waals surface area contributed by atoms with Gasteiger partial charge in [-0.2, -0.15) is 0 Å². The molecule has 1 fully saturated rings. The summed E-state index contributed by atoms with van der Waals surface area (Å²) in [6.45, 7) is 6.64. The van der Waals surface area contributed by atoms with Gasteiger partial charge in [0.2, 0.25) is 0 Å². The van der Waals surface area contributed by atoms with Gasteiger partial charge < -0.3 is 9.47 Å². The number of hydrogen-bond donors (Lipinski definition) is 0. The van der Waals surface area contributed by atoms with E-state index in [1.54, 1.807) is 11.8 Å². The van der Waals surface area contributed by atoms with Crippen LogP contribution in [0, 0.1) is 6.92 Å². The minimum absolute atomic E-state index is 0.114. The molecule has 0 radical (unpaired) electrons. The van der Waals surface area contributed by atoms with Crippen LogP contribution in [0.15, 0.2) is 29.2 Å². The molecule has 1 aliphatic rings. The molecule has 15 heavy (non-hydrogen) atoms. The summed E-state index contributed by atoms with van der Waals surface area (Å²) in [6, 6.07) is 8.47. The Balaban J connectivity index is 1.96. The van der Waals surface area contributed by atoms with E-state index in [2.05, 4.69) is 31.2 Å². The van der Waals surface area contributed by atoms with E-state index in [1.807, 2.05) is 13.8 Å². The molecule has 1 atom stereocenters. The minimum atomic E-state index is -0.428.